The van der Waals surface area contributed by atoms with Gasteiger partial charge in [-0.25, -0.2) is 14.2 Å². The lowest BCUT2D eigenvalue weighted by atomic mass is 9.77. The predicted molar refractivity (Wildman–Crippen MR) is 291 cm³/mol. The van der Waals surface area contributed by atoms with Crippen LogP contribution in [0.15, 0.2) is 194 Å². The van der Waals surface area contributed by atoms with Gasteiger partial charge in [0.15, 0.2) is 29.2 Å². The zero-order chi connectivity index (χ0) is 54.5. The first-order valence-electron chi connectivity index (χ1n) is 25.1. The van der Waals surface area contributed by atoms with Crippen molar-refractivity contribution in [2.45, 2.75) is 48.1 Å². The summed E-state index contributed by atoms with van der Waals surface area (Å²) in [6, 6.07) is 58.9. The van der Waals surface area contributed by atoms with Gasteiger partial charge in [0.1, 0.15) is 39.7 Å². The lowest BCUT2D eigenvalue weighted by Crippen LogP contribution is -2.55. The number of halogens is 1. The Balaban J connectivity index is 1.15. The van der Waals surface area contributed by atoms with Crippen LogP contribution in [-0.2, 0) is 31.8 Å². The second kappa shape index (κ2) is 21.9. The summed E-state index contributed by atoms with van der Waals surface area (Å²) in [6.45, 7) is 0.830. The molecule has 3 heterocycles. The molecule has 1 aliphatic heterocycles. The molecule has 78 heavy (non-hydrogen) atoms. The number of fused-ring (bicyclic) bond motifs is 1. The molecule has 0 saturated carbocycles. The van der Waals surface area contributed by atoms with Crippen LogP contribution in [0.25, 0.3) is 11.2 Å². The molecular weight excluding hydrogens is 994 g/mol. The molecule has 0 amide bonds. The number of nitrogens with one attached hydrogen (secondary N) is 1. The Hall–Kier alpha value is -8.99. The van der Waals surface area contributed by atoms with E-state index in [4.69, 9.17) is 52.8 Å². The number of hydrogen-bond acceptors (Lipinski definition) is 13. The second-order valence-electron chi connectivity index (χ2n) is 19.0. The number of nitrogens with zero attached hydrogens (tertiary/aromatic N) is 4. The molecule has 0 unspecified atom stereocenters. The molecule has 15 nitrogen and oxygen atoms in total. The van der Waals surface area contributed by atoms with Crippen LogP contribution < -0.4 is 29.0 Å². The summed E-state index contributed by atoms with van der Waals surface area (Å²) >= 11 is 0. The van der Waals surface area contributed by atoms with Gasteiger partial charge >= 0.3 is 6.16 Å². The number of alkyl halides is 1. The number of methoxy groups -OCH3 is 5. The second-order valence-corrected chi connectivity index (χ2v) is 19.0. The Morgan fingerprint density at radius 1 is 0.615 bits per heavy atom. The summed E-state index contributed by atoms with van der Waals surface area (Å²) in [4.78, 5) is 27.8. The first-order valence-corrected chi connectivity index (χ1v) is 25.1. The van der Waals surface area contributed by atoms with Crippen molar-refractivity contribution in [1.82, 2.24) is 19.5 Å². The van der Waals surface area contributed by atoms with Crippen LogP contribution in [0, 0.1) is 0 Å². The normalized spacial score (nSPS) is 18.2. The molecule has 1 aliphatic rings. The van der Waals surface area contributed by atoms with E-state index in [-0.39, 0.29) is 29.4 Å². The fourth-order valence-corrected chi connectivity index (χ4v) is 10.8. The van der Waals surface area contributed by atoms with Gasteiger partial charge < -0.3 is 48.3 Å². The quantitative estimate of drug-likeness (QED) is 0.0547. The van der Waals surface area contributed by atoms with Crippen LogP contribution >= 0.6 is 0 Å². The fraction of sp³-hybridized carbons (Fsp3) is 0.226. The zero-order valence-corrected chi connectivity index (χ0v) is 43.8. The molecule has 0 aliphatic carbocycles. The highest BCUT2D eigenvalue weighted by Gasteiger charge is 2.67. The largest absolute Gasteiger partial charge is 0.506 e. The highest BCUT2D eigenvalue weighted by molar-refractivity contribution is 5.78. The number of carboxylic acid groups (broad SMARTS) is 1. The van der Waals surface area contributed by atoms with Crippen molar-refractivity contribution >= 4 is 23.3 Å². The van der Waals surface area contributed by atoms with Gasteiger partial charge in [0.05, 0.1) is 48.5 Å². The minimum Gasteiger partial charge on any atom is -0.497 e. The first-order chi connectivity index (χ1) is 37.9. The third kappa shape index (κ3) is 9.64. The van der Waals surface area contributed by atoms with Gasteiger partial charge in [0.2, 0.25) is 11.8 Å². The Kier molecular flexibility index (Phi) is 14.7. The van der Waals surface area contributed by atoms with Gasteiger partial charge in [0, 0.05) is 6.42 Å². The minimum absolute atomic E-state index is 0.0649. The Morgan fingerprint density at radius 2 is 1.05 bits per heavy atom. The summed E-state index contributed by atoms with van der Waals surface area (Å²) in [5.41, 5.74) is -1.72. The number of carbonyl (C=O) groups is 1. The van der Waals surface area contributed by atoms with Gasteiger partial charge in [-0.3, -0.25) is 4.57 Å². The van der Waals surface area contributed by atoms with E-state index in [1.165, 1.54) is 24.9 Å². The summed E-state index contributed by atoms with van der Waals surface area (Å²) in [6.07, 6.45) is -3.89. The van der Waals surface area contributed by atoms with E-state index in [9.17, 15) is 9.90 Å². The van der Waals surface area contributed by atoms with E-state index in [2.05, 4.69) is 5.32 Å². The van der Waals surface area contributed by atoms with Gasteiger partial charge in [-0.2, -0.15) is 9.97 Å². The van der Waals surface area contributed by atoms with E-state index in [1.807, 2.05) is 188 Å². The van der Waals surface area contributed by atoms with Crippen molar-refractivity contribution in [3.05, 3.63) is 233 Å². The van der Waals surface area contributed by atoms with Crippen molar-refractivity contribution in [3.8, 4) is 28.9 Å². The predicted octanol–water partition coefficient (Wildman–Crippen LogP) is 11.6. The zero-order valence-electron chi connectivity index (χ0n) is 43.8. The van der Waals surface area contributed by atoms with Gasteiger partial charge in [-0.1, -0.05) is 140 Å². The lowest BCUT2D eigenvalue weighted by Gasteiger charge is -2.41. The topological polar surface area (TPSA) is 167 Å². The standard InChI is InChI=1S/C62H58FN5O10/c1-59(63)55(77-58(69)70)60(38-41-16-10-7-11-17-41,39-76-62(45-20-14-9-15-21-45,46-26-34-50(73-4)35-27-46)47-28-36-51(74-5)37-29-47)78-56(59)68-40-64-52-53(68)65-57(66-54(52)75-6)67-61(42-18-12-8-13-19-42,43-22-30-48(71-2)31-23-43)44-24-32-49(72-3)33-25-44/h7-37,40,55-56H,38-39H2,1-6H3,(H,69,70)(H,65,66,67)/t55-,56+,59+,60+/m0/s1. The molecule has 2 N–H and O–H groups in total. The number of anilines is 1. The summed E-state index contributed by atoms with van der Waals surface area (Å²) in [7, 11) is 7.84. The Labute approximate surface area is 451 Å². The lowest BCUT2D eigenvalue weighted by molar-refractivity contribution is -0.162. The summed E-state index contributed by atoms with van der Waals surface area (Å²) in [5, 5.41) is 14.3. The average molecular weight is 1050 g/mol. The van der Waals surface area contributed by atoms with Crippen LogP contribution in [-0.4, -0.2) is 90.3 Å². The molecule has 16 heteroatoms. The fourth-order valence-electron chi connectivity index (χ4n) is 10.8. The molecule has 2 aromatic heterocycles. The maximum Gasteiger partial charge on any atom is 0.506 e. The number of rotatable bonds is 20. The third-order valence-electron chi connectivity index (χ3n) is 14.5. The van der Waals surface area contributed by atoms with E-state index >= 15 is 4.39 Å². The first kappa shape index (κ1) is 52.5. The molecule has 4 atom stereocenters. The Bertz CT molecular complexity index is 3370. The number of benzene rings is 7. The van der Waals surface area contributed by atoms with Crippen LogP contribution in [0.4, 0.5) is 15.1 Å². The Morgan fingerprint density at radius 3 is 1.51 bits per heavy atom. The third-order valence-corrected chi connectivity index (χ3v) is 14.5. The van der Waals surface area contributed by atoms with Crippen LogP contribution in [0.1, 0.15) is 52.1 Å². The van der Waals surface area contributed by atoms with Crippen molar-refractivity contribution in [2.75, 3.05) is 47.5 Å². The average Bonchev–Trinajstić information content (AvgIpc) is 4.02. The number of aromatic nitrogens is 4. The molecular formula is C62H58FN5O10. The highest BCUT2D eigenvalue weighted by Crippen LogP contribution is 2.53. The van der Waals surface area contributed by atoms with Crippen molar-refractivity contribution in [2.24, 2.45) is 0 Å². The maximum atomic E-state index is 18.9. The summed E-state index contributed by atoms with van der Waals surface area (Å²) in [5.74, 6) is 2.65. The number of hydrogen-bond donors (Lipinski definition) is 2. The smallest absolute Gasteiger partial charge is 0.497 e. The molecule has 1 fully saturated rings. The van der Waals surface area contributed by atoms with Crippen molar-refractivity contribution in [1.29, 1.82) is 0 Å². The van der Waals surface area contributed by atoms with E-state index in [1.54, 1.807) is 28.4 Å². The molecule has 398 valence electrons. The monoisotopic (exact) mass is 1050 g/mol. The molecule has 9 aromatic rings. The van der Waals surface area contributed by atoms with Crippen LogP contribution in [0.5, 0.6) is 28.9 Å². The molecule has 7 aromatic carbocycles. The van der Waals surface area contributed by atoms with Gasteiger partial charge in [-0.05, 0) is 94.4 Å². The molecule has 1 saturated heterocycles. The van der Waals surface area contributed by atoms with Crippen molar-refractivity contribution in [3.63, 3.8) is 0 Å². The summed E-state index contributed by atoms with van der Waals surface area (Å²) < 4.78 is 69.2. The molecule has 0 bridgehead atoms. The van der Waals surface area contributed by atoms with Gasteiger partial charge in [-0.15, -0.1) is 0 Å². The minimum atomic E-state index is -2.65. The van der Waals surface area contributed by atoms with Gasteiger partial charge in [0.25, 0.3) is 0 Å². The molecule has 0 spiro atoms. The van der Waals surface area contributed by atoms with Crippen LogP contribution in [0.2, 0.25) is 0 Å². The highest BCUT2D eigenvalue weighted by atomic mass is 19.1. The van der Waals surface area contributed by atoms with E-state index in [0.717, 1.165) is 16.7 Å². The SMILES string of the molecule is COc1ccc(C(Nc2nc(OC)c3ncn([C@@H]4O[C@@](COC(c5ccccc5)(c5ccc(OC)cc5)c5ccc(OC)cc5)(Cc5ccccc5)[C@@H](OC(=O)O)[C@@]4(C)F)c3n2)(c2ccccc2)c2ccc(OC)cc2)cc1. The van der Waals surface area contributed by atoms with Crippen molar-refractivity contribution < 1.29 is 52.2 Å². The maximum absolute atomic E-state index is 18.9. The number of ether oxygens (including phenoxy) is 8. The number of imidazole rings is 1. The van der Waals surface area contributed by atoms with E-state index in [0.29, 0.717) is 45.3 Å². The van der Waals surface area contributed by atoms with E-state index < -0.39 is 47.5 Å². The molecule has 0 radical (unpaired) electrons. The van der Waals surface area contributed by atoms with Crippen LogP contribution in [0.3, 0.4) is 0 Å². The molecule has 10 rings (SSSR count).